The molecule has 0 aromatic carbocycles. The van der Waals surface area contributed by atoms with E-state index in [0.717, 1.165) is 0 Å². The van der Waals surface area contributed by atoms with Crippen LogP contribution >= 0.6 is 0 Å². The van der Waals surface area contributed by atoms with Gasteiger partial charge in [0.15, 0.2) is 14.9 Å². The zero-order valence-electron chi connectivity index (χ0n) is 6.30. The lowest BCUT2D eigenvalue weighted by Crippen LogP contribution is -2.10. The maximum atomic E-state index is 11.2. The molecule has 0 unspecified atom stereocenters. The van der Waals surface area contributed by atoms with Crippen LogP contribution < -0.4 is 0 Å². The number of rotatable bonds is 3. The molecule has 5 heteroatoms. The summed E-state index contributed by atoms with van der Waals surface area (Å²) in [4.78, 5) is 3.64. The molecule has 1 rings (SSSR count). The van der Waals surface area contributed by atoms with E-state index in [2.05, 4.69) is 4.98 Å². The fourth-order valence-corrected chi connectivity index (χ4v) is 1.68. The van der Waals surface area contributed by atoms with Gasteiger partial charge >= 0.3 is 0 Å². The molecular formula is C7H8NO3S. The van der Waals surface area contributed by atoms with Gasteiger partial charge in [0.05, 0.1) is 12.4 Å². The number of hydrogen-bond donors (Lipinski definition) is 0. The van der Waals surface area contributed by atoms with Gasteiger partial charge in [-0.25, -0.2) is 18.5 Å². The summed E-state index contributed by atoms with van der Waals surface area (Å²) in [6.45, 7) is -0.626. The Morgan fingerprint density at radius 2 is 2.08 bits per heavy atom. The van der Waals surface area contributed by atoms with Crippen LogP contribution in [0.4, 0.5) is 0 Å². The maximum Gasteiger partial charge on any atom is 0.197 e. The molecule has 0 spiro atoms. The van der Waals surface area contributed by atoms with Crippen LogP contribution in [-0.2, 0) is 14.9 Å². The van der Waals surface area contributed by atoms with Crippen molar-refractivity contribution >= 4 is 9.84 Å². The van der Waals surface area contributed by atoms with E-state index in [9.17, 15) is 13.5 Å². The van der Waals surface area contributed by atoms with Crippen molar-refractivity contribution in [3.05, 3.63) is 24.4 Å². The van der Waals surface area contributed by atoms with E-state index in [1.165, 1.54) is 12.3 Å². The Bertz CT molecular complexity index is 333. The molecule has 0 saturated heterocycles. The van der Waals surface area contributed by atoms with Gasteiger partial charge in [0, 0.05) is 6.20 Å². The Kier molecular flexibility index (Phi) is 2.78. The smallest absolute Gasteiger partial charge is 0.197 e. The largest absolute Gasteiger partial charge is 0.245 e. The second kappa shape index (κ2) is 3.64. The van der Waals surface area contributed by atoms with Crippen LogP contribution in [0.2, 0.25) is 0 Å². The molecule has 0 saturated carbocycles. The molecule has 0 bridgehead atoms. The van der Waals surface area contributed by atoms with Crippen LogP contribution in [-0.4, -0.2) is 25.8 Å². The van der Waals surface area contributed by atoms with Crippen LogP contribution in [0.15, 0.2) is 29.4 Å². The molecule has 1 radical (unpaired) electrons. The van der Waals surface area contributed by atoms with Crippen molar-refractivity contribution in [3.8, 4) is 0 Å². The summed E-state index contributed by atoms with van der Waals surface area (Å²) in [5.74, 6) is -0.385. The summed E-state index contributed by atoms with van der Waals surface area (Å²) in [6.07, 6.45) is 1.39. The Labute approximate surface area is 70.8 Å². The number of hydrogen-bond acceptors (Lipinski definition) is 3. The molecule has 0 aliphatic rings. The quantitative estimate of drug-likeness (QED) is 0.681. The number of pyridine rings is 1. The first kappa shape index (κ1) is 9.15. The Morgan fingerprint density at radius 3 is 2.58 bits per heavy atom. The second-order valence-electron chi connectivity index (χ2n) is 2.19. The molecule has 65 valence electrons. The highest BCUT2D eigenvalue weighted by molar-refractivity contribution is 7.91. The lowest BCUT2D eigenvalue weighted by atomic mass is 10.5. The van der Waals surface area contributed by atoms with Gasteiger partial charge in [-0.1, -0.05) is 6.07 Å². The van der Waals surface area contributed by atoms with Crippen LogP contribution in [0.3, 0.4) is 0 Å². The average Bonchev–Trinajstić information content (AvgIpc) is 2.06. The first-order valence-corrected chi connectivity index (χ1v) is 5.04. The van der Waals surface area contributed by atoms with E-state index in [-0.39, 0.29) is 10.8 Å². The Balaban J connectivity index is 2.99. The third-order valence-corrected chi connectivity index (χ3v) is 2.89. The molecule has 0 atom stereocenters. The minimum Gasteiger partial charge on any atom is -0.245 e. The van der Waals surface area contributed by atoms with Crippen molar-refractivity contribution in [2.75, 3.05) is 12.4 Å². The van der Waals surface area contributed by atoms with Gasteiger partial charge < -0.3 is 0 Å². The molecule has 0 amide bonds. The van der Waals surface area contributed by atoms with Gasteiger partial charge in [0.1, 0.15) is 0 Å². The third-order valence-electron chi connectivity index (χ3n) is 1.31. The van der Waals surface area contributed by atoms with E-state index >= 15 is 0 Å². The topological polar surface area (TPSA) is 66.9 Å². The van der Waals surface area contributed by atoms with Gasteiger partial charge in [-0.05, 0) is 12.1 Å². The lowest BCUT2D eigenvalue weighted by molar-refractivity contribution is 0.213. The van der Waals surface area contributed by atoms with Gasteiger partial charge in [0.25, 0.3) is 0 Å². The highest BCUT2D eigenvalue weighted by Crippen LogP contribution is 2.05. The predicted molar refractivity (Wildman–Crippen MR) is 41.8 cm³/mol. The molecule has 12 heavy (non-hydrogen) atoms. The first-order valence-electron chi connectivity index (χ1n) is 3.39. The maximum absolute atomic E-state index is 11.2. The standard InChI is InChI=1S/C7H8NO3S/c9-5-6-12(10,11)7-3-1-2-4-8-7/h1-4H,5-6H2. The molecule has 0 aliphatic carbocycles. The highest BCUT2D eigenvalue weighted by atomic mass is 32.2. The molecule has 0 fully saturated rings. The molecule has 1 aromatic rings. The molecule has 4 nitrogen and oxygen atoms in total. The zero-order valence-corrected chi connectivity index (χ0v) is 7.12. The molecule has 0 N–H and O–H groups in total. The fraction of sp³-hybridized carbons (Fsp3) is 0.286. The van der Waals surface area contributed by atoms with E-state index in [1.807, 2.05) is 0 Å². The van der Waals surface area contributed by atoms with E-state index in [0.29, 0.717) is 0 Å². The predicted octanol–water partition coefficient (Wildman–Crippen LogP) is 0.286. The molecule has 1 heterocycles. The van der Waals surface area contributed by atoms with Gasteiger partial charge in [0.2, 0.25) is 0 Å². The van der Waals surface area contributed by atoms with E-state index in [1.54, 1.807) is 12.1 Å². The summed E-state index contributed by atoms with van der Waals surface area (Å²) in [7, 11) is -3.43. The molecule has 1 aromatic heterocycles. The van der Waals surface area contributed by atoms with Crippen LogP contribution in [0.5, 0.6) is 0 Å². The van der Waals surface area contributed by atoms with Gasteiger partial charge in [-0.2, -0.15) is 0 Å². The minimum absolute atomic E-state index is 0.0270. The third kappa shape index (κ3) is 2.02. The van der Waals surface area contributed by atoms with Crippen molar-refractivity contribution in [2.24, 2.45) is 0 Å². The number of aromatic nitrogens is 1. The number of nitrogens with zero attached hydrogens (tertiary/aromatic N) is 1. The summed E-state index contributed by atoms with van der Waals surface area (Å²) in [5.41, 5.74) is 0. The lowest BCUT2D eigenvalue weighted by Gasteiger charge is -1.98. The molecular weight excluding hydrogens is 178 g/mol. The monoisotopic (exact) mass is 186 g/mol. The van der Waals surface area contributed by atoms with Gasteiger partial charge in [-0.3, -0.25) is 0 Å². The highest BCUT2D eigenvalue weighted by Gasteiger charge is 2.13. The van der Waals surface area contributed by atoms with Crippen LogP contribution in [0.25, 0.3) is 0 Å². The summed E-state index contributed by atoms with van der Waals surface area (Å²) in [6, 6.07) is 4.58. The summed E-state index contributed by atoms with van der Waals surface area (Å²) < 4.78 is 22.3. The number of sulfone groups is 1. The first-order chi connectivity index (χ1) is 5.67. The van der Waals surface area contributed by atoms with Crippen molar-refractivity contribution < 1.29 is 13.5 Å². The minimum atomic E-state index is -3.43. The van der Waals surface area contributed by atoms with E-state index in [4.69, 9.17) is 0 Å². The van der Waals surface area contributed by atoms with Crippen LogP contribution in [0.1, 0.15) is 0 Å². The van der Waals surface area contributed by atoms with Crippen LogP contribution in [0, 0.1) is 0 Å². The normalized spacial score (nSPS) is 11.4. The van der Waals surface area contributed by atoms with E-state index < -0.39 is 16.4 Å². The second-order valence-corrected chi connectivity index (χ2v) is 4.25. The summed E-state index contributed by atoms with van der Waals surface area (Å²) >= 11 is 0. The van der Waals surface area contributed by atoms with Crippen molar-refractivity contribution in [1.29, 1.82) is 0 Å². The average molecular weight is 186 g/mol. The van der Waals surface area contributed by atoms with Crippen molar-refractivity contribution in [3.63, 3.8) is 0 Å². The van der Waals surface area contributed by atoms with Crippen molar-refractivity contribution in [2.45, 2.75) is 5.03 Å². The molecule has 0 aliphatic heterocycles. The Morgan fingerprint density at radius 1 is 1.33 bits per heavy atom. The summed E-state index contributed by atoms with van der Waals surface area (Å²) in [5, 5.41) is 10.1. The SMILES string of the molecule is [O]CCS(=O)(=O)c1ccccn1. The van der Waals surface area contributed by atoms with Crippen molar-refractivity contribution in [1.82, 2.24) is 4.98 Å². The Hall–Kier alpha value is -0.940. The zero-order chi connectivity index (χ0) is 9.03. The van der Waals surface area contributed by atoms with Gasteiger partial charge in [-0.15, -0.1) is 0 Å². The fourth-order valence-electron chi connectivity index (χ4n) is 0.745.